The molecule has 1 aromatic carbocycles. The molecule has 2 aromatic rings. The third-order valence-corrected chi connectivity index (χ3v) is 5.13. The Bertz CT molecular complexity index is 707. The summed E-state index contributed by atoms with van der Waals surface area (Å²) in [7, 11) is 0. The molecule has 0 bridgehead atoms. The van der Waals surface area contributed by atoms with Gasteiger partial charge in [-0.25, -0.2) is 0 Å². The molecule has 2 aliphatic rings. The second kappa shape index (κ2) is 3.80. The van der Waals surface area contributed by atoms with Crippen molar-refractivity contribution in [2.45, 2.75) is 43.9 Å². The molecule has 0 radical (unpaired) electrons. The van der Waals surface area contributed by atoms with Crippen LogP contribution in [0.4, 0.5) is 13.2 Å². The van der Waals surface area contributed by atoms with E-state index < -0.39 is 17.3 Å². The summed E-state index contributed by atoms with van der Waals surface area (Å²) >= 11 is 0. The number of nitrogens with one attached hydrogen (secondary N) is 1. The lowest BCUT2D eigenvalue weighted by Gasteiger charge is -2.59. The van der Waals surface area contributed by atoms with Crippen LogP contribution in [-0.2, 0) is 11.8 Å². The number of rotatable bonds is 1. The summed E-state index contributed by atoms with van der Waals surface area (Å²) in [6.45, 7) is 0. The third-order valence-electron chi connectivity index (χ3n) is 5.13. The number of alkyl halides is 3. The number of halogens is 3. The summed E-state index contributed by atoms with van der Waals surface area (Å²) in [5.74, 6) is 0. The molecule has 1 spiro atoms. The molecule has 21 heavy (non-hydrogen) atoms. The summed E-state index contributed by atoms with van der Waals surface area (Å²) in [5, 5.41) is 17.7. The molecule has 1 heterocycles. The maximum Gasteiger partial charge on any atom is 0.416 e. The number of aromatic nitrogens is 2. The predicted molar refractivity (Wildman–Crippen MR) is 70.5 cm³/mol. The molecule has 0 atom stereocenters. The van der Waals surface area contributed by atoms with Crippen LogP contribution >= 0.6 is 0 Å². The first kappa shape index (κ1) is 13.1. The van der Waals surface area contributed by atoms with E-state index in [0.29, 0.717) is 29.3 Å². The minimum Gasteiger partial charge on any atom is -0.385 e. The first-order valence-corrected chi connectivity index (χ1v) is 7.09. The number of benzene rings is 1. The van der Waals surface area contributed by atoms with Crippen LogP contribution in [0.15, 0.2) is 18.3 Å². The van der Waals surface area contributed by atoms with Gasteiger partial charge in [0.05, 0.1) is 22.9 Å². The zero-order valence-corrected chi connectivity index (χ0v) is 11.3. The number of fused-ring (bicyclic) bond motifs is 1. The Hall–Kier alpha value is -1.56. The van der Waals surface area contributed by atoms with E-state index in [2.05, 4.69) is 10.2 Å². The Morgan fingerprint density at radius 1 is 1.19 bits per heavy atom. The number of aromatic amines is 1. The van der Waals surface area contributed by atoms with Crippen molar-refractivity contribution in [3.63, 3.8) is 0 Å². The average molecular weight is 296 g/mol. The van der Waals surface area contributed by atoms with Crippen LogP contribution in [0.5, 0.6) is 0 Å². The lowest BCUT2D eigenvalue weighted by molar-refractivity contribution is -0.168. The molecule has 2 saturated carbocycles. The number of hydrogen-bond donors (Lipinski definition) is 2. The topological polar surface area (TPSA) is 48.9 Å². The Morgan fingerprint density at radius 2 is 1.90 bits per heavy atom. The Kier molecular flexibility index (Phi) is 2.37. The molecule has 0 saturated heterocycles. The van der Waals surface area contributed by atoms with Gasteiger partial charge >= 0.3 is 6.18 Å². The van der Waals surface area contributed by atoms with E-state index >= 15 is 0 Å². The summed E-state index contributed by atoms with van der Waals surface area (Å²) < 4.78 is 39.1. The second-order valence-corrected chi connectivity index (χ2v) is 6.59. The first-order valence-electron chi connectivity index (χ1n) is 7.09. The molecule has 2 fully saturated rings. The van der Waals surface area contributed by atoms with Gasteiger partial charge in [0.1, 0.15) is 0 Å². The summed E-state index contributed by atoms with van der Waals surface area (Å²) in [4.78, 5) is 0. The molecule has 6 heteroatoms. The number of aliphatic hydroxyl groups is 1. The van der Waals surface area contributed by atoms with Crippen LogP contribution < -0.4 is 0 Å². The molecule has 2 aliphatic carbocycles. The van der Waals surface area contributed by atoms with Crippen LogP contribution in [0.2, 0.25) is 0 Å². The van der Waals surface area contributed by atoms with Crippen LogP contribution in [-0.4, -0.2) is 15.3 Å². The van der Waals surface area contributed by atoms with Gasteiger partial charge in [-0.1, -0.05) is 6.42 Å². The van der Waals surface area contributed by atoms with Crippen LogP contribution in [0.25, 0.3) is 10.9 Å². The molecule has 2 N–H and O–H groups in total. The molecule has 1 aromatic heterocycles. The maximum absolute atomic E-state index is 13.0. The molecule has 0 aliphatic heterocycles. The van der Waals surface area contributed by atoms with Gasteiger partial charge in [0, 0.05) is 10.9 Å². The summed E-state index contributed by atoms with van der Waals surface area (Å²) in [6.07, 6.45) is 1.34. The predicted octanol–water partition coefficient (Wildman–Crippen LogP) is 3.73. The Balaban J connectivity index is 1.82. The van der Waals surface area contributed by atoms with Crippen molar-refractivity contribution in [1.82, 2.24) is 10.2 Å². The van der Waals surface area contributed by atoms with Crippen molar-refractivity contribution in [1.29, 1.82) is 0 Å². The number of H-pyrrole nitrogens is 1. The fourth-order valence-corrected chi connectivity index (χ4v) is 4.00. The van der Waals surface area contributed by atoms with Crippen molar-refractivity contribution < 1.29 is 18.3 Å². The average Bonchev–Trinajstić information content (AvgIpc) is 2.78. The van der Waals surface area contributed by atoms with E-state index in [-0.39, 0.29) is 5.41 Å². The van der Waals surface area contributed by atoms with Gasteiger partial charge < -0.3 is 5.11 Å². The molecule has 0 amide bonds. The molecular weight excluding hydrogens is 281 g/mol. The summed E-state index contributed by atoms with van der Waals surface area (Å²) in [5.41, 5.74) is -0.877. The van der Waals surface area contributed by atoms with Crippen molar-refractivity contribution in [3.8, 4) is 0 Å². The highest BCUT2D eigenvalue weighted by atomic mass is 19.4. The summed E-state index contributed by atoms with van der Waals surface area (Å²) in [6, 6.07) is 2.15. The number of nitrogens with zero attached hydrogens (tertiary/aromatic N) is 1. The molecule has 0 unspecified atom stereocenters. The van der Waals surface area contributed by atoms with E-state index in [9.17, 15) is 18.3 Å². The highest BCUT2D eigenvalue weighted by Gasteiger charge is 2.57. The van der Waals surface area contributed by atoms with Gasteiger partial charge in [-0.05, 0) is 43.2 Å². The highest BCUT2D eigenvalue weighted by Crippen LogP contribution is 2.64. The van der Waals surface area contributed by atoms with E-state index in [1.807, 2.05) is 0 Å². The third kappa shape index (κ3) is 1.81. The van der Waals surface area contributed by atoms with Crippen molar-refractivity contribution >= 4 is 10.9 Å². The van der Waals surface area contributed by atoms with Gasteiger partial charge in [-0.15, -0.1) is 0 Å². The van der Waals surface area contributed by atoms with E-state index in [0.717, 1.165) is 31.4 Å². The molecular formula is C15H15F3N2O. The van der Waals surface area contributed by atoms with Gasteiger partial charge in [0.2, 0.25) is 0 Å². The van der Waals surface area contributed by atoms with E-state index in [4.69, 9.17) is 0 Å². The fraction of sp³-hybridized carbons (Fsp3) is 0.533. The standard InChI is InChI=1S/C15H15F3N2O/c16-15(17,18)10-4-9-6-19-20-12(9)11(5-10)14(21)7-13(8-14)2-1-3-13/h4-6,21H,1-3,7-8H2,(H,19,20). The smallest absolute Gasteiger partial charge is 0.385 e. The normalized spacial score (nSPS) is 23.0. The van der Waals surface area contributed by atoms with Gasteiger partial charge in [-0.3, -0.25) is 5.10 Å². The minimum atomic E-state index is -4.42. The van der Waals surface area contributed by atoms with Gasteiger partial charge in [-0.2, -0.15) is 18.3 Å². The molecule has 112 valence electrons. The second-order valence-electron chi connectivity index (χ2n) is 6.59. The van der Waals surface area contributed by atoms with Gasteiger partial charge in [0.25, 0.3) is 0 Å². The largest absolute Gasteiger partial charge is 0.416 e. The SMILES string of the molecule is OC1(c2cc(C(F)(F)F)cc3cn[nH]c23)CC2(CCC2)C1. The van der Waals surface area contributed by atoms with E-state index in [1.54, 1.807) is 0 Å². The van der Waals surface area contributed by atoms with Crippen LogP contribution in [0, 0.1) is 5.41 Å². The maximum atomic E-state index is 13.0. The number of hydrogen-bond acceptors (Lipinski definition) is 2. The van der Waals surface area contributed by atoms with Crippen molar-refractivity contribution in [2.75, 3.05) is 0 Å². The van der Waals surface area contributed by atoms with Gasteiger partial charge in [0.15, 0.2) is 0 Å². The Labute approximate surface area is 119 Å². The van der Waals surface area contributed by atoms with Crippen molar-refractivity contribution in [3.05, 3.63) is 29.5 Å². The lowest BCUT2D eigenvalue weighted by Crippen LogP contribution is -2.53. The van der Waals surface area contributed by atoms with Crippen molar-refractivity contribution in [2.24, 2.45) is 5.41 Å². The van der Waals surface area contributed by atoms with Crippen LogP contribution in [0.1, 0.15) is 43.2 Å². The lowest BCUT2D eigenvalue weighted by atomic mass is 9.48. The zero-order chi connectivity index (χ0) is 14.9. The molecule has 4 rings (SSSR count). The quantitative estimate of drug-likeness (QED) is 0.842. The minimum absolute atomic E-state index is 0.162. The first-order chi connectivity index (χ1) is 9.81. The zero-order valence-electron chi connectivity index (χ0n) is 11.3. The molecule has 3 nitrogen and oxygen atoms in total. The fourth-order valence-electron chi connectivity index (χ4n) is 4.00. The van der Waals surface area contributed by atoms with E-state index in [1.165, 1.54) is 6.20 Å². The Morgan fingerprint density at radius 3 is 2.48 bits per heavy atom. The van der Waals surface area contributed by atoms with Crippen LogP contribution in [0.3, 0.4) is 0 Å². The highest BCUT2D eigenvalue weighted by molar-refractivity contribution is 5.83. The monoisotopic (exact) mass is 296 g/mol.